The van der Waals surface area contributed by atoms with Crippen LogP contribution in [0.2, 0.25) is 0 Å². The molecule has 0 fully saturated rings. The molecule has 1 atom stereocenters. The Balaban J connectivity index is 2.57. The second-order valence-corrected chi connectivity index (χ2v) is 3.85. The number of nitrogens with one attached hydrogen (secondary N) is 1. The summed E-state index contributed by atoms with van der Waals surface area (Å²) in [6.45, 7) is 2.90. The highest BCUT2D eigenvalue weighted by Gasteiger charge is 2.24. The maximum Gasteiger partial charge on any atom is 0.337 e. The van der Waals surface area contributed by atoms with Gasteiger partial charge in [0.15, 0.2) is 0 Å². The van der Waals surface area contributed by atoms with Crippen molar-refractivity contribution in [2.75, 3.05) is 23.8 Å². The lowest BCUT2D eigenvalue weighted by Crippen LogP contribution is -2.40. The van der Waals surface area contributed by atoms with E-state index in [-0.39, 0.29) is 0 Å². The number of nitrogens with zero attached hydrogens (tertiary/aromatic N) is 1. The van der Waals surface area contributed by atoms with Crippen LogP contribution in [0.15, 0.2) is 18.2 Å². The number of anilines is 2. The molecule has 1 unspecified atom stereocenters. The first-order valence-corrected chi connectivity index (χ1v) is 4.94. The lowest BCUT2D eigenvalue weighted by Gasteiger charge is -2.35. The highest BCUT2D eigenvalue weighted by Crippen LogP contribution is 2.33. The van der Waals surface area contributed by atoms with Gasteiger partial charge in [-0.1, -0.05) is 6.07 Å². The van der Waals surface area contributed by atoms with Crippen LogP contribution in [0.1, 0.15) is 17.3 Å². The number of likely N-dealkylation sites (N-methyl/N-ethyl adjacent to an activating group) is 1. The van der Waals surface area contributed by atoms with Gasteiger partial charge in [-0.2, -0.15) is 0 Å². The largest absolute Gasteiger partial charge is 0.478 e. The summed E-state index contributed by atoms with van der Waals surface area (Å²) < 4.78 is 0. The number of aromatic carboxylic acids is 1. The molecule has 0 spiro atoms. The van der Waals surface area contributed by atoms with Crippen molar-refractivity contribution in [1.82, 2.24) is 0 Å². The summed E-state index contributed by atoms with van der Waals surface area (Å²) in [5.74, 6) is -0.880. The molecule has 4 heteroatoms. The van der Waals surface area contributed by atoms with E-state index in [2.05, 4.69) is 12.2 Å². The molecule has 0 amide bonds. The average molecular weight is 206 g/mol. The maximum absolute atomic E-state index is 11.1. The number of rotatable bonds is 1. The van der Waals surface area contributed by atoms with Crippen molar-refractivity contribution >= 4 is 17.3 Å². The van der Waals surface area contributed by atoms with Crippen LogP contribution in [-0.2, 0) is 0 Å². The number of para-hydroxylation sites is 1. The van der Waals surface area contributed by atoms with Gasteiger partial charge < -0.3 is 15.3 Å². The standard InChI is InChI=1S/C11H14N2O2/c1-7-6-12-9-5-3-4-8(11(14)15)10(9)13(7)2/h3-5,7,12H,6H2,1-2H3,(H,14,15). The molecule has 1 heterocycles. The summed E-state index contributed by atoms with van der Waals surface area (Å²) in [5.41, 5.74) is 2.04. The SMILES string of the molecule is CC1CNc2cccc(C(=O)O)c2N1C. The van der Waals surface area contributed by atoms with Crippen molar-refractivity contribution < 1.29 is 9.90 Å². The molecule has 2 N–H and O–H groups in total. The second-order valence-electron chi connectivity index (χ2n) is 3.85. The molecular formula is C11H14N2O2. The normalized spacial score (nSPS) is 19.3. The summed E-state index contributed by atoms with van der Waals surface area (Å²) in [6, 6.07) is 5.61. The molecule has 2 rings (SSSR count). The summed E-state index contributed by atoms with van der Waals surface area (Å²) in [4.78, 5) is 13.1. The molecule has 1 aromatic rings. The van der Waals surface area contributed by atoms with Crippen LogP contribution in [-0.4, -0.2) is 30.7 Å². The van der Waals surface area contributed by atoms with Crippen LogP contribution in [0.5, 0.6) is 0 Å². The first-order valence-electron chi connectivity index (χ1n) is 4.94. The van der Waals surface area contributed by atoms with Crippen molar-refractivity contribution in [3.05, 3.63) is 23.8 Å². The number of carbonyl (C=O) groups is 1. The summed E-state index contributed by atoms with van der Waals surface area (Å²) in [5, 5.41) is 12.3. The van der Waals surface area contributed by atoms with Crippen molar-refractivity contribution in [3.63, 3.8) is 0 Å². The fraction of sp³-hybridized carbons (Fsp3) is 0.364. The lowest BCUT2D eigenvalue weighted by atomic mass is 10.1. The quantitative estimate of drug-likeness (QED) is 0.733. The van der Waals surface area contributed by atoms with E-state index < -0.39 is 5.97 Å². The number of hydrogen-bond donors (Lipinski definition) is 2. The number of hydrogen-bond acceptors (Lipinski definition) is 3. The van der Waals surface area contributed by atoms with E-state index in [0.717, 1.165) is 17.9 Å². The fourth-order valence-corrected chi connectivity index (χ4v) is 1.85. The van der Waals surface area contributed by atoms with Crippen molar-refractivity contribution in [2.24, 2.45) is 0 Å². The van der Waals surface area contributed by atoms with Crippen LogP contribution in [0.4, 0.5) is 11.4 Å². The zero-order valence-electron chi connectivity index (χ0n) is 8.82. The number of benzene rings is 1. The minimum Gasteiger partial charge on any atom is -0.478 e. The molecule has 1 aromatic carbocycles. The van der Waals surface area contributed by atoms with E-state index in [9.17, 15) is 4.79 Å². The van der Waals surface area contributed by atoms with E-state index in [0.29, 0.717) is 11.6 Å². The van der Waals surface area contributed by atoms with Gasteiger partial charge in [0, 0.05) is 19.6 Å². The van der Waals surface area contributed by atoms with Crippen LogP contribution >= 0.6 is 0 Å². The topological polar surface area (TPSA) is 52.6 Å². The van der Waals surface area contributed by atoms with Gasteiger partial charge in [-0.05, 0) is 19.1 Å². The van der Waals surface area contributed by atoms with Gasteiger partial charge in [0.05, 0.1) is 16.9 Å². The van der Waals surface area contributed by atoms with E-state index >= 15 is 0 Å². The van der Waals surface area contributed by atoms with Gasteiger partial charge in [-0.3, -0.25) is 0 Å². The molecule has 4 nitrogen and oxygen atoms in total. The molecule has 0 aromatic heterocycles. The predicted molar refractivity (Wildman–Crippen MR) is 59.8 cm³/mol. The first kappa shape index (κ1) is 9.83. The third-order valence-electron chi connectivity index (χ3n) is 2.87. The Hall–Kier alpha value is -1.71. The Morgan fingerprint density at radius 2 is 2.33 bits per heavy atom. The van der Waals surface area contributed by atoms with E-state index in [1.807, 2.05) is 18.0 Å². The van der Waals surface area contributed by atoms with E-state index in [1.54, 1.807) is 12.1 Å². The zero-order valence-corrected chi connectivity index (χ0v) is 8.82. The monoisotopic (exact) mass is 206 g/mol. The minimum atomic E-state index is -0.880. The maximum atomic E-state index is 11.1. The van der Waals surface area contributed by atoms with Crippen molar-refractivity contribution in [2.45, 2.75) is 13.0 Å². The highest BCUT2D eigenvalue weighted by atomic mass is 16.4. The summed E-state index contributed by atoms with van der Waals surface area (Å²) >= 11 is 0. The number of carboxylic acid groups (broad SMARTS) is 1. The van der Waals surface area contributed by atoms with Crippen LogP contribution in [0, 0.1) is 0 Å². The molecule has 0 saturated heterocycles. The average Bonchev–Trinajstić information content (AvgIpc) is 2.23. The molecule has 1 aliphatic rings. The van der Waals surface area contributed by atoms with Gasteiger partial charge in [-0.15, -0.1) is 0 Å². The molecular weight excluding hydrogens is 192 g/mol. The summed E-state index contributed by atoms with van der Waals surface area (Å²) in [7, 11) is 1.93. The molecule has 0 saturated carbocycles. The summed E-state index contributed by atoms with van der Waals surface area (Å²) in [6.07, 6.45) is 0. The van der Waals surface area contributed by atoms with Crippen LogP contribution in [0.3, 0.4) is 0 Å². The molecule has 0 bridgehead atoms. The zero-order chi connectivity index (χ0) is 11.0. The van der Waals surface area contributed by atoms with E-state index in [4.69, 9.17) is 5.11 Å². The molecule has 15 heavy (non-hydrogen) atoms. The lowest BCUT2D eigenvalue weighted by molar-refractivity contribution is 0.0697. The Bertz CT molecular complexity index is 404. The van der Waals surface area contributed by atoms with Gasteiger partial charge in [-0.25, -0.2) is 4.79 Å². The van der Waals surface area contributed by atoms with Gasteiger partial charge >= 0.3 is 5.97 Å². The Kier molecular flexibility index (Phi) is 2.26. The van der Waals surface area contributed by atoms with Crippen LogP contribution < -0.4 is 10.2 Å². The first-order chi connectivity index (χ1) is 7.11. The van der Waals surface area contributed by atoms with Crippen molar-refractivity contribution in [3.8, 4) is 0 Å². The predicted octanol–water partition coefficient (Wildman–Crippen LogP) is 1.64. The molecule has 0 radical (unpaired) electrons. The van der Waals surface area contributed by atoms with E-state index in [1.165, 1.54) is 0 Å². The second kappa shape index (κ2) is 3.46. The Morgan fingerprint density at radius 3 is 3.00 bits per heavy atom. The van der Waals surface area contributed by atoms with Crippen LogP contribution in [0.25, 0.3) is 0 Å². The third-order valence-corrected chi connectivity index (χ3v) is 2.87. The molecule has 1 aliphatic heterocycles. The van der Waals surface area contributed by atoms with Gasteiger partial charge in [0.25, 0.3) is 0 Å². The highest BCUT2D eigenvalue weighted by molar-refractivity contribution is 5.98. The smallest absolute Gasteiger partial charge is 0.337 e. The number of fused-ring (bicyclic) bond motifs is 1. The third kappa shape index (κ3) is 1.52. The van der Waals surface area contributed by atoms with Gasteiger partial charge in [0.2, 0.25) is 0 Å². The molecule has 0 aliphatic carbocycles. The fourth-order valence-electron chi connectivity index (χ4n) is 1.85. The Labute approximate surface area is 88.5 Å². The van der Waals surface area contributed by atoms with Gasteiger partial charge in [0.1, 0.15) is 0 Å². The minimum absolute atomic E-state index is 0.304. The van der Waals surface area contributed by atoms with Crippen molar-refractivity contribution in [1.29, 1.82) is 0 Å². The number of carboxylic acids is 1. The molecule has 80 valence electrons. The Morgan fingerprint density at radius 1 is 1.60 bits per heavy atom.